The second kappa shape index (κ2) is 6.57. The number of nitrogen functional groups attached to an aromatic ring is 1. The van der Waals surface area contributed by atoms with Gasteiger partial charge in [-0.15, -0.1) is 0 Å². The molecule has 2 aromatic rings. The maximum atomic E-state index is 5.99. The third-order valence-electron chi connectivity index (χ3n) is 3.66. The second-order valence-electron chi connectivity index (χ2n) is 5.57. The quantitative estimate of drug-likeness (QED) is 0.879. The Morgan fingerprint density at radius 1 is 1.14 bits per heavy atom. The number of benzene rings is 1. The molecule has 2 rings (SSSR count). The van der Waals surface area contributed by atoms with Gasteiger partial charge in [0, 0.05) is 18.0 Å². The SMILES string of the molecule is CCc1ccccc1CNc1nc(C(C)C)nc(N)c1C. The third kappa shape index (κ3) is 3.51. The van der Waals surface area contributed by atoms with Crippen molar-refractivity contribution in [3.05, 3.63) is 46.8 Å². The molecule has 3 N–H and O–H groups in total. The van der Waals surface area contributed by atoms with Crippen molar-refractivity contribution in [3.63, 3.8) is 0 Å². The van der Waals surface area contributed by atoms with Crippen LogP contribution in [0.15, 0.2) is 24.3 Å². The zero-order chi connectivity index (χ0) is 15.4. The lowest BCUT2D eigenvalue weighted by atomic mass is 10.1. The molecule has 0 fully saturated rings. The van der Waals surface area contributed by atoms with Gasteiger partial charge in [0.1, 0.15) is 17.5 Å². The zero-order valence-electron chi connectivity index (χ0n) is 13.3. The van der Waals surface area contributed by atoms with Gasteiger partial charge in [0.25, 0.3) is 0 Å². The number of aryl methyl sites for hydroxylation is 1. The summed E-state index contributed by atoms with van der Waals surface area (Å²) in [6.07, 6.45) is 1.03. The average Bonchev–Trinajstić information content (AvgIpc) is 2.48. The summed E-state index contributed by atoms with van der Waals surface area (Å²) in [5.41, 5.74) is 9.55. The topological polar surface area (TPSA) is 63.8 Å². The molecule has 0 bridgehead atoms. The fourth-order valence-corrected chi connectivity index (χ4v) is 2.24. The van der Waals surface area contributed by atoms with Crippen molar-refractivity contribution in [2.45, 2.75) is 46.6 Å². The molecular formula is C17H24N4. The van der Waals surface area contributed by atoms with Crippen LogP contribution in [0.3, 0.4) is 0 Å². The summed E-state index contributed by atoms with van der Waals surface area (Å²) in [5.74, 6) is 2.43. The summed E-state index contributed by atoms with van der Waals surface area (Å²) in [7, 11) is 0. The van der Waals surface area contributed by atoms with E-state index in [0.29, 0.717) is 5.82 Å². The zero-order valence-corrected chi connectivity index (χ0v) is 13.3. The minimum atomic E-state index is 0.261. The molecular weight excluding hydrogens is 260 g/mol. The van der Waals surface area contributed by atoms with E-state index in [4.69, 9.17) is 5.73 Å². The standard InChI is InChI=1S/C17H24N4/c1-5-13-8-6-7-9-14(13)10-19-17-12(4)15(18)20-16(21-17)11(2)3/h6-9,11H,5,10H2,1-4H3,(H3,18,19,20,21). The molecule has 1 heterocycles. The second-order valence-corrected chi connectivity index (χ2v) is 5.57. The first kappa shape index (κ1) is 15.3. The monoisotopic (exact) mass is 284 g/mol. The van der Waals surface area contributed by atoms with Gasteiger partial charge in [0.05, 0.1) is 0 Å². The fourth-order valence-electron chi connectivity index (χ4n) is 2.24. The van der Waals surface area contributed by atoms with Gasteiger partial charge in [-0.25, -0.2) is 9.97 Å². The van der Waals surface area contributed by atoms with Crippen LogP contribution in [0.25, 0.3) is 0 Å². The summed E-state index contributed by atoms with van der Waals surface area (Å²) in [6.45, 7) is 9.01. The summed E-state index contributed by atoms with van der Waals surface area (Å²) < 4.78 is 0. The number of nitrogens with zero attached hydrogens (tertiary/aromatic N) is 2. The van der Waals surface area contributed by atoms with Crippen molar-refractivity contribution in [2.75, 3.05) is 11.1 Å². The number of nitrogens with two attached hydrogens (primary N) is 1. The van der Waals surface area contributed by atoms with E-state index in [1.807, 2.05) is 6.92 Å². The number of aromatic nitrogens is 2. The molecule has 0 spiro atoms. The van der Waals surface area contributed by atoms with Gasteiger partial charge in [-0.2, -0.15) is 0 Å². The third-order valence-corrected chi connectivity index (χ3v) is 3.66. The first-order chi connectivity index (χ1) is 10.0. The fraction of sp³-hybridized carbons (Fsp3) is 0.412. The van der Waals surface area contributed by atoms with Crippen molar-refractivity contribution in [1.29, 1.82) is 0 Å². The highest BCUT2D eigenvalue weighted by atomic mass is 15.1. The Bertz CT molecular complexity index is 620. The van der Waals surface area contributed by atoms with Crippen molar-refractivity contribution in [3.8, 4) is 0 Å². The Kier molecular flexibility index (Phi) is 4.78. The molecule has 0 aliphatic rings. The Morgan fingerprint density at radius 2 is 1.81 bits per heavy atom. The lowest BCUT2D eigenvalue weighted by Crippen LogP contribution is -2.11. The van der Waals surface area contributed by atoms with Gasteiger partial charge in [-0.1, -0.05) is 45.0 Å². The molecule has 112 valence electrons. The van der Waals surface area contributed by atoms with Crippen LogP contribution in [-0.4, -0.2) is 9.97 Å². The summed E-state index contributed by atoms with van der Waals surface area (Å²) >= 11 is 0. The lowest BCUT2D eigenvalue weighted by Gasteiger charge is -2.14. The van der Waals surface area contributed by atoms with E-state index >= 15 is 0 Å². The minimum Gasteiger partial charge on any atom is -0.383 e. The highest BCUT2D eigenvalue weighted by Gasteiger charge is 2.11. The molecule has 0 aliphatic carbocycles. The van der Waals surface area contributed by atoms with Crippen molar-refractivity contribution < 1.29 is 0 Å². The molecule has 4 heteroatoms. The normalized spacial score (nSPS) is 10.9. The van der Waals surface area contributed by atoms with E-state index < -0.39 is 0 Å². The molecule has 21 heavy (non-hydrogen) atoms. The molecule has 0 aliphatic heterocycles. The lowest BCUT2D eigenvalue weighted by molar-refractivity contribution is 0.774. The van der Waals surface area contributed by atoms with E-state index in [1.54, 1.807) is 0 Å². The molecule has 0 saturated heterocycles. The Morgan fingerprint density at radius 3 is 2.43 bits per heavy atom. The molecule has 0 radical (unpaired) electrons. The largest absolute Gasteiger partial charge is 0.383 e. The number of hydrogen-bond acceptors (Lipinski definition) is 4. The smallest absolute Gasteiger partial charge is 0.135 e. The maximum absolute atomic E-state index is 5.99. The summed E-state index contributed by atoms with van der Waals surface area (Å²) in [6, 6.07) is 8.46. The van der Waals surface area contributed by atoms with Gasteiger partial charge in [0.2, 0.25) is 0 Å². The van der Waals surface area contributed by atoms with Crippen LogP contribution in [0.5, 0.6) is 0 Å². The maximum Gasteiger partial charge on any atom is 0.135 e. The van der Waals surface area contributed by atoms with Crippen molar-refractivity contribution >= 4 is 11.6 Å². The number of anilines is 2. The average molecular weight is 284 g/mol. The molecule has 0 unspecified atom stereocenters. The van der Waals surface area contributed by atoms with Crippen molar-refractivity contribution in [1.82, 2.24) is 9.97 Å². The summed E-state index contributed by atoms with van der Waals surface area (Å²) in [4.78, 5) is 8.95. The van der Waals surface area contributed by atoms with Crippen LogP contribution in [0.1, 0.15) is 49.2 Å². The van der Waals surface area contributed by atoms with Crippen LogP contribution in [0, 0.1) is 6.92 Å². The molecule has 0 saturated carbocycles. The highest BCUT2D eigenvalue weighted by Crippen LogP contribution is 2.22. The molecule has 1 aromatic carbocycles. The molecule has 4 nitrogen and oxygen atoms in total. The van der Waals surface area contributed by atoms with Crippen LogP contribution < -0.4 is 11.1 Å². The van der Waals surface area contributed by atoms with Crippen LogP contribution >= 0.6 is 0 Å². The van der Waals surface area contributed by atoms with Gasteiger partial charge >= 0.3 is 0 Å². The van der Waals surface area contributed by atoms with Crippen LogP contribution in [0.4, 0.5) is 11.6 Å². The minimum absolute atomic E-state index is 0.261. The Hall–Kier alpha value is -2.10. The number of nitrogens with one attached hydrogen (secondary N) is 1. The van der Waals surface area contributed by atoms with Crippen molar-refractivity contribution in [2.24, 2.45) is 0 Å². The number of hydrogen-bond donors (Lipinski definition) is 2. The van der Waals surface area contributed by atoms with Gasteiger partial charge in [-0.3, -0.25) is 0 Å². The summed E-state index contributed by atoms with van der Waals surface area (Å²) in [5, 5.41) is 3.41. The van der Waals surface area contributed by atoms with Crippen LogP contribution in [0.2, 0.25) is 0 Å². The van der Waals surface area contributed by atoms with Crippen LogP contribution in [-0.2, 0) is 13.0 Å². The van der Waals surface area contributed by atoms with E-state index in [9.17, 15) is 0 Å². The molecule has 0 atom stereocenters. The van der Waals surface area contributed by atoms with Gasteiger partial charge in [-0.05, 0) is 24.5 Å². The van der Waals surface area contributed by atoms with Gasteiger partial charge in [0.15, 0.2) is 0 Å². The first-order valence-corrected chi connectivity index (χ1v) is 7.47. The predicted molar refractivity (Wildman–Crippen MR) is 88.4 cm³/mol. The molecule has 0 amide bonds. The Balaban J connectivity index is 2.23. The van der Waals surface area contributed by atoms with E-state index in [2.05, 4.69) is 60.3 Å². The van der Waals surface area contributed by atoms with E-state index in [-0.39, 0.29) is 5.92 Å². The number of rotatable bonds is 5. The predicted octanol–water partition coefficient (Wildman–Crippen LogP) is 3.67. The van der Waals surface area contributed by atoms with Gasteiger partial charge < -0.3 is 11.1 Å². The molecule has 1 aromatic heterocycles. The highest BCUT2D eigenvalue weighted by molar-refractivity contribution is 5.55. The first-order valence-electron chi connectivity index (χ1n) is 7.47. The van der Waals surface area contributed by atoms with E-state index in [0.717, 1.165) is 30.2 Å². The Labute approximate surface area is 126 Å². The van der Waals surface area contributed by atoms with E-state index in [1.165, 1.54) is 11.1 Å².